The SMILES string of the molecule is CC(C)/N=C(/NC(C)C)C(C)C. The maximum absolute atomic E-state index is 4.52. The highest BCUT2D eigenvalue weighted by Crippen LogP contribution is 1.99. The summed E-state index contributed by atoms with van der Waals surface area (Å²) in [6, 6.07) is 0.860. The minimum absolute atomic E-state index is 0.383. The van der Waals surface area contributed by atoms with E-state index in [1.165, 1.54) is 0 Å². The van der Waals surface area contributed by atoms with Gasteiger partial charge in [-0.15, -0.1) is 0 Å². The van der Waals surface area contributed by atoms with Crippen molar-refractivity contribution in [2.45, 2.75) is 53.6 Å². The van der Waals surface area contributed by atoms with Crippen molar-refractivity contribution >= 4 is 5.84 Å². The van der Waals surface area contributed by atoms with Gasteiger partial charge in [-0.05, 0) is 27.7 Å². The summed E-state index contributed by atoms with van der Waals surface area (Å²) >= 11 is 0. The van der Waals surface area contributed by atoms with Crippen molar-refractivity contribution in [1.82, 2.24) is 5.32 Å². The first-order valence-corrected chi connectivity index (χ1v) is 4.77. The van der Waals surface area contributed by atoms with Crippen LogP contribution in [0.4, 0.5) is 0 Å². The van der Waals surface area contributed by atoms with Crippen molar-refractivity contribution in [2.75, 3.05) is 0 Å². The van der Waals surface area contributed by atoms with Crippen molar-refractivity contribution in [3.05, 3.63) is 0 Å². The van der Waals surface area contributed by atoms with Gasteiger partial charge in [-0.1, -0.05) is 13.8 Å². The third kappa shape index (κ3) is 5.16. The number of aliphatic imine (C=N–C) groups is 1. The van der Waals surface area contributed by atoms with E-state index in [1.54, 1.807) is 0 Å². The Morgan fingerprint density at radius 2 is 1.50 bits per heavy atom. The standard InChI is InChI=1S/C10H22N2/c1-7(2)10(11-8(3)4)12-9(5)6/h7-9H,1-6H3,(H,11,12). The molecule has 0 bridgehead atoms. The fraction of sp³-hybridized carbons (Fsp3) is 0.900. The van der Waals surface area contributed by atoms with Crippen LogP contribution in [0.3, 0.4) is 0 Å². The zero-order chi connectivity index (χ0) is 9.72. The van der Waals surface area contributed by atoms with Crippen LogP contribution in [-0.2, 0) is 0 Å². The van der Waals surface area contributed by atoms with Crippen LogP contribution < -0.4 is 5.32 Å². The molecule has 0 spiro atoms. The molecule has 0 aliphatic rings. The van der Waals surface area contributed by atoms with Crippen LogP contribution in [0.5, 0.6) is 0 Å². The van der Waals surface area contributed by atoms with Crippen molar-refractivity contribution in [1.29, 1.82) is 0 Å². The zero-order valence-corrected chi connectivity index (χ0v) is 9.18. The van der Waals surface area contributed by atoms with Gasteiger partial charge in [0.25, 0.3) is 0 Å². The predicted molar refractivity (Wildman–Crippen MR) is 55.7 cm³/mol. The maximum Gasteiger partial charge on any atom is 0.0993 e. The molecular weight excluding hydrogens is 148 g/mol. The molecule has 0 aliphatic heterocycles. The average Bonchev–Trinajstić information content (AvgIpc) is 1.83. The van der Waals surface area contributed by atoms with Gasteiger partial charge in [0.1, 0.15) is 0 Å². The molecular formula is C10H22N2. The van der Waals surface area contributed by atoms with Crippen LogP contribution in [0.2, 0.25) is 0 Å². The van der Waals surface area contributed by atoms with E-state index < -0.39 is 0 Å². The van der Waals surface area contributed by atoms with Crippen molar-refractivity contribution in [3.63, 3.8) is 0 Å². The first kappa shape index (κ1) is 11.5. The second-order valence-corrected chi connectivity index (χ2v) is 4.06. The third-order valence-corrected chi connectivity index (χ3v) is 1.38. The Kier molecular flexibility index (Phi) is 4.95. The molecule has 0 rings (SSSR count). The molecule has 12 heavy (non-hydrogen) atoms. The molecule has 0 aliphatic carbocycles. The van der Waals surface area contributed by atoms with Gasteiger partial charge in [-0.2, -0.15) is 0 Å². The number of amidine groups is 1. The van der Waals surface area contributed by atoms with Crippen LogP contribution in [0.25, 0.3) is 0 Å². The summed E-state index contributed by atoms with van der Waals surface area (Å²) in [6.45, 7) is 12.8. The lowest BCUT2D eigenvalue weighted by atomic mass is 10.2. The molecule has 0 saturated carbocycles. The summed E-state index contributed by atoms with van der Waals surface area (Å²) < 4.78 is 0. The molecule has 0 aromatic heterocycles. The Morgan fingerprint density at radius 3 is 1.75 bits per heavy atom. The molecule has 0 amide bonds. The number of nitrogens with zero attached hydrogens (tertiary/aromatic N) is 1. The van der Waals surface area contributed by atoms with Crippen LogP contribution in [-0.4, -0.2) is 17.9 Å². The molecule has 0 heterocycles. The fourth-order valence-electron chi connectivity index (χ4n) is 0.927. The summed E-state index contributed by atoms with van der Waals surface area (Å²) in [6.07, 6.45) is 0. The molecule has 2 nitrogen and oxygen atoms in total. The first-order chi connectivity index (χ1) is 5.43. The van der Waals surface area contributed by atoms with Crippen molar-refractivity contribution < 1.29 is 0 Å². The first-order valence-electron chi connectivity index (χ1n) is 4.77. The monoisotopic (exact) mass is 170 g/mol. The van der Waals surface area contributed by atoms with Crippen LogP contribution in [0, 0.1) is 5.92 Å². The molecule has 1 N–H and O–H groups in total. The molecule has 0 saturated heterocycles. The highest BCUT2D eigenvalue weighted by Gasteiger charge is 2.06. The number of hydrogen-bond donors (Lipinski definition) is 1. The lowest BCUT2D eigenvalue weighted by Crippen LogP contribution is -2.34. The van der Waals surface area contributed by atoms with E-state index in [9.17, 15) is 0 Å². The Balaban J connectivity index is 4.23. The minimum atomic E-state index is 0.383. The Morgan fingerprint density at radius 1 is 1.00 bits per heavy atom. The summed E-state index contributed by atoms with van der Waals surface area (Å²) in [5, 5.41) is 3.36. The minimum Gasteiger partial charge on any atom is -0.371 e. The van der Waals surface area contributed by atoms with Crippen LogP contribution >= 0.6 is 0 Å². The molecule has 72 valence electrons. The number of nitrogens with one attached hydrogen (secondary N) is 1. The van der Waals surface area contributed by atoms with Gasteiger partial charge in [-0.25, -0.2) is 0 Å². The lowest BCUT2D eigenvalue weighted by Gasteiger charge is -2.17. The van der Waals surface area contributed by atoms with Gasteiger partial charge in [0.05, 0.1) is 5.84 Å². The summed E-state index contributed by atoms with van der Waals surface area (Å²) in [4.78, 5) is 4.52. The largest absolute Gasteiger partial charge is 0.371 e. The van der Waals surface area contributed by atoms with E-state index in [1.807, 2.05) is 0 Å². The van der Waals surface area contributed by atoms with Gasteiger partial charge < -0.3 is 5.32 Å². The van der Waals surface area contributed by atoms with E-state index in [2.05, 4.69) is 51.9 Å². The summed E-state index contributed by atoms with van der Waals surface area (Å²) in [7, 11) is 0. The normalized spacial score (nSPS) is 13.2. The average molecular weight is 170 g/mol. The van der Waals surface area contributed by atoms with E-state index in [0.29, 0.717) is 18.0 Å². The van der Waals surface area contributed by atoms with E-state index in [0.717, 1.165) is 5.84 Å². The van der Waals surface area contributed by atoms with Gasteiger partial charge in [0, 0.05) is 18.0 Å². The molecule has 0 aromatic rings. The van der Waals surface area contributed by atoms with Crippen LogP contribution in [0.1, 0.15) is 41.5 Å². The second-order valence-electron chi connectivity index (χ2n) is 4.06. The molecule has 0 aromatic carbocycles. The number of hydrogen-bond acceptors (Lipinski definition) is 1. The zero-order valence-electron chi connectivity index (χ0n) is 9.18. The maximum atomic E-state index is 4.52. The van der Waals surface area contributed by atoms with Gasteiger partial charge in [0.15, 0.2) is 0 Å². The second kappa shape index (κ2) is 5.18. The van der Waals surface area contributed by atoms with Gasteiger partial charge >= 0.3 is 0 Å². The highest BCUT2D eigenvalue weighted by atomic mass is 15.0. The molecule has 2 heteroatoms. The molecule has 0 radical (unpaired) electrons. The highest BCUT2D eigenvalue weighted by molar-refractivity contribution is 5.84. The van der Waals surface area contributed by atoms with Gasteiger partial charge in [0.2, 0.25) is 0 Å². The quantitative estimate of drug-likeness (QED) is 0.510. The van der Waals surface area contributed by atoms with Crippen LogP contribution in [0.15, 0.2) is 4.99 Å². The van der Waals surface area contributed by atoms with E-state index in [-0.39, 0.29) is 0 Å². The van der Waals surface area contributed by atoms with Crippen molar-refractivity contribution in [3.8, 4) is 0 Å². The Bertz CT molecular complexity index is 146. The Hall–Kier alpha value is -0.530. The molecule has 0 unspecified atom stereocenters. The van der Waals surface area contributed by atoms with Gasteiger partial charge in [-0.3, -0.25) is 4.99 Å². The van der Waals surface area contributed by atoms with Crippen molar-refractivity contribution in [2.24, 2.45) is 10.9 Å². The molecule has 0 fully saturated rings. The summed E-state index contributed by atoms with van der Waals surface area (Å²) in [5.41, 5.74) is 0. The topological polar surface area (TPSA) is 24.4 Å². The predicted octanol–water partition coefficient (Wildman–Crippen LogP) is 2.45. The third-order valence-electron chi connectivity index (χ3n) is 1.38. The number of rotatable bonds is 3. The molecule has 0 atom stereocenters. The Labute approximate surface area is 76.5 Å². The lowest BCUT2D eigenvalue weighted by molar-refractivity contribution is 0.673. The summed E-state index contributed by atoms with van der Waals surface area (Å²) in [5.74, 6) is 1.62. The smallest absolute Gasteiger partial charge is 0.0993 e. The van der Waals surface area contributed by atoms with E-state index >= 15 is 0 Å². The van der Waals surface area contributed by atoms with E-state index in [4.69, 9.17) is 0 Å². The fourth-order valence-corrected chi connectivity index (χ4v) is 0.927.